The molecule has 2 heterocycles. The Bertz CT molecular complexity index is 1310. The molecule has 0 aliphatic rings. The number of H-pyrrole nitrogens is 1. The third-order valence-electron chi connectivity index (χ3n) is 4.77. The highest BCUT2D eigenvalue weighted by molar-refractivity contribution is 9.10. The van der Waals surface area contributed by atoms with E-state index in [1.165, 1.54) is 21.8 Å². The molecule has 4 rings (SSSR count). The quantitative estimate of drug-likeness (QED) is 0.384. The van der Waals surface area contributed by atoms with Gasteiger partial charge in [0.05, 0.1) is 17.1 Å². The number of carbonyl (C=O) groups is 1. The van der Waals surface area contributed by atoms with E-state index >= 15 is 0 Å². The lowest BCUT2D eigenvalue weighted by Crippen LogP contribution is -2.17. The van der Waals surface area contributed by atoms with Crippen molar-refractivity contribution in [1.82, 2.24) is 19.8 Å². The van der Waals surface area contributed by atoms with E-state index in [2.05, 4.69) is 43.5 Å². The first-order valence-electron chi connectivity index (χ1n) is 9.71. The molecule has 0 aliphatic carbocycles. The number of rotatable bonds is 6. The zero-order valence-electron chi connectivity index (χ0n) is 17.0. The van der Waals surface area contributed by atoms with Gasteiger partial charge in [0.1, 0.15) is 5.52 Å². The Morgan fingerprint density at radius 1 is 1.19 bits per heavy atom. The highest BCUT2D eigenvalue weighted by Gasteiger charge is 2.14. The van der Waals surface area contributed by atoms with Crippen molar-refractivity contribution in [3.05, 3.63) is 74.5 Å². The van der Waals surface area contributed by atoms with Crippen LogP contribution in [0.2, 0.25) is 0 Å². The number of hydrogen-bond acceptors (Lipinski definition) is 5. The number of carbonyl (C=O) groups excluding carboxylic acids is 1. The highest BCUT2D eigenvalue weighted by Crippen LogP contribution is 2.25. The average molecular weight is 498 g/mol. The monoisotopic (exact) mass is 497 g/mol. The van der Waals surface area contributed by atoms with Gasteiger partial charge >= 0.3 is 0 Å². The van der Waals surface area contributed by atoms with Gasteiger partial charge in [-0.3, -0.25) is 9.59 Å². The van der Waals surface area contributed by atoms with Crippen LogP contribution in [0.4, 0.5) is 5.69 Å². The van der Waals surface area contributed by atoms with Gasteiger partial charge in [-0.15, -0.1) is 5.10 Å². The van der Waals surface area contributed by atoms with Crippen LogP contribution >= 0.6 is 27.7 Å². The van der Waals surface area contributed by atoms with E-state index in [1.807, 2.05) is 49.4 Å². The second kappa shape index (κ2) is 9.07. The van der Waals surface area contributed by atoms with Crippen LogP contribution in [0.15, 0.2) is 63.0 Å². The van der Waals surface area contributed by atoms with Gasteiger partial charge in [0.25, 0.3) is 5.56 Å². The summed E-state index contributed by atoms with van der Waals surface area (Å²) in [6.45, 7) is 4.08. The van der Waals surface area contributed by atoms with Crippen molar-refractivity contribution in [2.75, 3.05) is 11.1 Å². The number of halogens is 1. The van der Waals surface area contributed by atoms with Crippen LogP contribution in [-0.2, 0) is 11.2 Å². The predicted octanol–water partition coefficient (Wildman–Crippen LogP) is 4.45. The molecule has 0 atom stereocenters. The molecule has 0 spiro atoms. The molecule has 0 saturated carbocycles. The fourth-order valence-corrected chi connectivity index (χ4v) is 4.37. The van der Waals surface area contributed by atoms with E-state index in [9.17, 15) is 9.59 Å². The fourth-order valence-electron chi connectivity index (χ4n) is 3.08. The molecule has 0 fully saturated rings. The maximum atomic E-state index is 12.4. The number of fused-ring (bicyclic) bond motifs is 1. The number of amides is 1. The molecule has 7 nitrogen and oxygen atoms in total. The number of hydrogen-bond donors (Lipinski definition) is 2. The van der Waals surface area contributed by atoms with Gasteiger partial charge in [-0.05, 0) is 58.6 Å². The largest absolute Gasteiger partial charge is 0.324 e. The van der Waals surface area contributed by atoms with E-state index in [0.29, 0.717) is 22.1 Å². The van der Waals surface area contributed by atoms with Gasteiger partial charge < -0.3 is 5.32 Å². The molecule has 2 aromatic carbocycles. The van der Waals surface area contributed by atoms with Gasteiger partial charge in [-0.1, -0.05) is 49.0 Å². The van der Waals surface area contributed by atoms with Crippen molar-refractivity contribution in [2.45, 2.75) is 25.4 Å². The highest BCUT2D eigenvalue weighted by atomic mass is 79.9. The van der Waals surface area contributed by atoms with E-state index < -0.39 is 0 Å². The van der Waals surface area contributed by atoms with Crippen LogP contribution in [0.3, 0.4) is 0 Å². The van der Waals surface area contributed by atoms with Gasteiger partial charge in [0.2, 0.25) is 11.1 Å². The standard InChI is InChI=1S/C22H20BrN5O2S/c1-3-14-5-7-15(8-6-14)18-11-19-21(30)25-26-22(28(19)27-18)31-12-20(29)24-17-9-4-13(2)10-16(17)23/h4-11H,3,12H2,1-2H3,(H,24,29)(H,25,30). The predicted molar refractivity (Wildman–Crippen MR) is 127 cm³/mol. The molecular formula is C22H20BrN5O2S. The SMILES string of the molecule is CCc1ccc(-c2cc3c(=O)[nH]nc(SCC(=O)Nc4ccc(C)cc4Br)n3n2)cc1. The number of aryl methyl sites for hydroxylation is 2. The molecule has 0 unspecified atom stereocenters. The first-order valence-corrected chi connectivity index (χ1v) is 11.5. The zero-order valence-corrected chi connectivity index (χ0v) is 19.4. The van der Waals surface area contributed by atoms with Gasteiger partial charge in [0, 0.05) is 10.0 Å². The molecule has 0 aliphatic heterocycles. The number of nitrogens with zero attached hydrogens (tertiary/aromatic N) is 3. The van der Waals surface area contributed by atoms with E-state index in [4.69, 9.17) is 0 Å². The number of thioether (sulfide) groups is 1. The summed E-state index contributed by atoms with van der Waals surface area (Å²) >= 11 is 4.66. The third-order valence-corrected chi connectivity index (χ3v) is 6.35. The Morgan fingerprint density at radius 3 is 2.68 bits per heavy atom. The summed E-state index contributed by atoms with van der Waals surface area (Å²) in [5.74, 6) is -0.0623. The third kappa shape index (κ3) is 4.72. The average Bonchev–Trinajstić information content (AvgIpc) is 3.22. The van der Waals surface area contributed by atoms with Crippen LogP contribution < -0.4 is 10.9 Å². The number of anilines is 1. The molecular weight excluding hydrogens is 478 g/mol. The fraction of sp³-hybridized carbons (Fsp3) is 0.182. The van der Waals surface area contributed by atoms with Crippen molar-refractivity contribution in [2.24, 2.45) is 0 Å². The van der Waals surface area contributed by atoms with Crippen molar-refractivity contribution in [3.8, 4) is 11.3 Å². The van der Waals surface area contributed by atoms with Gasteiger partial charge in [0.15, 0.2) is 0 Å². The van der Waals surface area contributed by atoms with E-state index in [-0.39, 0.29) is 17.2 Å². The summed E-state index contributed by atoms with van der Waals surface area (Å²) in [5, 5.41) is 14.4. The lowest BCUT2D eigenvalue weighted by atomic mass is 10.1. The van der Waals surface area contributed by atoms with Crippen molar-refractivity contribution in [1.29, 1.82) is 0 Å². The van der Waals surface area contributed by atoms with E-state index in [0.717, 1.165) is 22.0 Å². The lowest BCUT2D eigenvalue weighted by Gasteiger charge is -2.08. The Hall–Kier alpha value is -2.91. The maximum absolute atomic E-state index is 12.4. The minimum absolute atomic E-state index is 0.120. The Morgan fingerprint density at radius 2 is 1.97 bits per heavy atom. The Labute approximate surface area is 191 Å². The molecule has 2 N–H and O–H groups in total. The number of aromatic nitrogens is 4. The topological polar surface area (TPSA) is 92.1 Å². The first kappa shape index (κ1) is 21.3. The summed E-state index contributed by atoms with van der Waals surface area (Å²) in [4.78, 5) is 24.7. The Balaban J connectivity index is 1.54. The smallest absolute Gasteiger partial charge is 0.290 e. The normalized spacial score (nSPS) is 11.1. The second-order valence-electron chi connectivity index (χ2n) is 7.03. The minimum atomic E-state index is -0.332. The molecule has 0 saturated heterocycles. The Kier molecular flexibility index (Phi) is 6.24. The molecule has 1 amide bonds. The second-order valence-corrected chi connectivity index (χ2v) is 8.83. The van der Waals surface area contributed by atoms with Crippen LogP contribution in [-0.4, -0.2) is 31.5 Å². The summed E-state index contributed by atoms with van der Waals surface area (Å²) in [6, 6.07) is 15.5. The van der Waals surface area contributed by atoms with Crippen molar-refractivity contribution >= 4 is 44.8 Å². The first-order chi connectivity index (χ1) is 14.9. The van der Waals surface area contributed by atoms with Crippen molar-refractivity contribution < 1.29 is 4.79 Å². The maximum Gasteiger partial charge on any atom is 0.290 e. The molecule has 4 aromatic rings. The number of benzene rings is 2. The number of aromatic amines is 1. The van der Waals surface area contributed by atoms with Gasteiger partial charge in [-0.25, -0.2) is 9.61 Å². The number of nitrogens with one attached hydrogen (secondary N) is 2. The summed E-state index contributed by atoms with van der Waals surface area (Å²) in [7, 11) is 0. The van der Waals surface area contributed by atoms with Gasteiger partial charge in [-0.2, -0.15) is 5.10 Å². The summed E-state index contributed by atoms with van der Waals surface area (Å²) in [5.41, 5.74) is 4.67. The minimum Gasteiger partial charge on any atom is -0.324 e. The van der Waals surface area contributed by atoms with Crippen LogP contribution in [0.25, 0.3) is 16.8 Å². The molecule has 158 valence electrons. The van der Waals surface area contributed by atoms with Crippen LogP contribution in [0.5, 0.6) is 0 Å². The molecule has 0 bridgehead atoms. The zero-order chi connectivity index (χ0) is 22.0. The lowest BCUT2D eigenvalue weighted by molar-refractivity contribution is -0.113. The van der Waals surface area contributed by atoms with Crippen LogP contribution in [0, 0.1) is 6.92 Å². The van der Waals surface area contributed by atoms with Crippen molar-refractivity contribution in [3.63, 3.8) is 0 Å². The molecule has 2 aromatic heterocycles. The van der Waals surface area contributed by atoms with Crippen LogP contribution in [0.1, 0.15) is 18.1 Å². The molecule has 0 radical (unpaired) electrons. The summed E-state index contributed by atoms with van der Waals surface area (Å²) < 4.78 is 2.31. The van der Waals surface area contributed by atoms with E-state index in [1.54, 1.807) is 6.07 Å². The summed E-state index contributed by atoms with van der Waals surface area (Å²) in [6.07, 6.45) is 0.955. The molecule has 31 heavy (non-hydrogen) atoms. The molecule has 9 heteroatoms.